The smallest absolute Gasteiger partial charge is 0.297 e. The van der Waals surface area contributed by atoms with Crippen LogP contribution in [0, 0.1) is 20.8 Å². The molecule has 10 heteroatoms. The zero-order chi connectivity index (χ0) is 24.9. The summed E-state index contributed by atoms with van der Waals surface area (Å²) in [7, 11) is -4.49. The fraction of sp³-hybridized carbons (Fsp3) is 0.160. The molecule has 0 unspecified atom stereocenters. The van der Waals surface area contributed by atoms with Crippen molar-refractivity contribution in [1.29, 1.82) is 0 Å². The number of fused-ring (bicyclic) bond motifs is 2. The summed E-state index contributed by atoms with van der Waals surface area (Å²) >= 11 is 0. The molecule has 2 aromatic heterocycles. The van der Waals surface area contributed by atoms with E-state index in [4.69, 9.17) is 15.8 Å². The van der Waals surface area contributed by atoms with Crippen LogP contribution in [-0.4, -0.2) is 32.6 Å². The van der Waals surface area contributed by atoms with Crippen LogP contribution >= 0.6 is 0 Å². The molecular formula is C25H24N6O3S. The van der Waals surface area contributed by atoms with Gasteiger partial charge < -0.3 is 11.1 Å². The van der Waals surface area contributed by atoms with Gasteiger partial charge in [-0.2, -0.15) is 8.42 Å². The normalized spacial score (nSPS) is 11.9. The molecule has 35 heavy (non-hydrogen) atoms. The Morgan fingerprint density at radius 1 is 0.971 bits per heavy atom. The first-order valence-corrected chi connectivity index (χ1v) is 12.4. The minimum Gasteiger partial charge on any atom is -0.398 e. The largest absolute Gasteiger partial charge is 0.398 e. The van der Waals surface area contributed by atoms with Crippen molar-refractivity contribution >= 4 is 37.9 Å². The van der Waals surface area contributed by atoms with Gasteiger partial charge in [0, 0.05) is 17.5 Å². The molecule has 0 aliphatic heterocycles. The Morgan fingerprint density at radius 3 is 2.43 bits per heavy atom. The Morgan fingerprint density at radius 2 is 1.71 bits per heavy atom. The second kappa shape index (κ2) is 8.33. The van der Waals surface area contributed by atoms with E-state index in [1.165, 1.54) is 6.07 Å². The Hall–Kier alpha value is -4.02. The fourth-order valence-electron chi connectivity index (χ4n) is 4.31. The Balaban J connectivity index is 1.61. The van der Waals surface area contributed by atoms with E-state index < -0.39 is 10.1 Å². The molecule has 5 rings (SSSR count). The van der Waals surface area contributed by atoms with Gasteiger partial charge in [-0.15, -0.1) is 5.10 Å². The minimum absolute atomic E-state index is 0.00397. The van der Waals surface area contributed by atoms with Crippen molar-refractivity contribution in [2.75, 3.05) is 11.1 Å². The monoisotopic (exact) mass is 488 g/mol. The van der Waals surface area contributed by atoms with Gasteiger partial charge in [0.2, 0.25) is 0 Å². The van der Waals surface area contributed by atoms with Gasteiger partial charge >= 0.3 is 0 Å². The second-order valence-corrected chi connectivity index (χ2v) is 9.84. The van der Waals surface area contributed by atoms with Crippen molar-refractivity contribution in [2.24, 2.45) is 0 Å². The van der Waals surface area contributed by atoms with Crippen LogP contribution in [0.4, 0.5) is 11.5 Å². The number of hydrogen-bond acceptors (Lipinski definition) is 7. The lowest BCUT2D eigenvalue weighted by molar-refractivity contribution is 0.484. The number of rotatable bonds is 5. The van der Waals surface area contributed by atoms with Crippen molar-refractivity contribution in [3.05, 3.63) is 77.2 Å². The van der Waals surface area contributed by atoms with Gasteiger partial charge in [-0.1, -0.05) is 54.1 Å². The number of anilines is 2. The van der Waals surface area contributed by atoms with Crippen LogP contribution in [0.15, 0.2) is 59.5 Å². The van der Waals surface area contributed by atoms with Gasteiger partial charge in [-0.05, 0) is 37.8 Å². The molecule has 0 aliphatic carbocycles. The molecule has 0 fully saturated rings. The maximum atomic E-state index is 12.0. The number of benzene rings is 3. The average molecular weight is 489 g/mol. The predicted octanol–water partition coefficient (Wildman–Crippen LogP) is 4.31. The molecule has 9 nitrogen and oxygen atoms in total. The number of aromatic nitrogens is 4. The zero-order valence-electron chi connectivity index (χ0n) is 19.4. The molecule has 0 saturated heterocycles. The van der Waals surface area contributed by atoms with Gasteiger partial charge in [0.15, 0.2) is 11.6 Å². The van der Waals surface area contributed by atoms with Crippen LogP contribution < -0.4 is 11.1 Å². The van der Waals surface area contributed by atoms with Crippen molar-refractivity contribution in [3.8, 4) is 11.4 Å². The maximum Gasteiger partial charge on any atom is 0.297 e. The highest BCUT2D eigenvalue weighted by molar-refractivity contribution is 7.86. The van der Waals surface area contributed by atoms with Crippen LogP contribution in [0.1, 0.15) is 22.6 Å². The zero-order valence-corrected chi connectivity index (χ0v) is 20.3. The quantitative estimate of drug-likeness (QED) is 0.246. The lowest BCUT2D eigenvalue weighted by Crippen LogP contribution is -2.09. The molecule has 178 valence electrons. The molecular weight excluding hydrogens is 464 g/mol. The van der Waals surface area contributed by atoms with Gasteiger partial charge in [-0.25, -0.2) is 14.5 Å². The molecule has 0 aliphatic rings. The van der Waals surface area contributed by atoms with Gasteiger partial charge in [-0.3, -0.25) is 4.55 Å². The Labute approximate surface area is 202 Å². The summed E-state index contributed by atoms with van der Waals surface area (Å²) in [6.07, 6.45) is 0. The third kappa shape index (κ3) is 4.07. The third-order valence-corrected chi connectivity index (χ3v) is 6.95. The van der Waals surface area contributed by atoms with E-state index in [9.17, 15) is 13.0 Å². The Kier molecular flexibility index (Phi) is 5.42. The fourth-order valence-corrected chi connectivity index (χ4v) is 5.13. The number of nitrogens with two attached hydrogens (primary N) is 1. The maximum absolute atomic E-state index is 12.0. The second-order valence-electron chi connectivity index (χ2n) is 8.48. The molecule has 0 atom stereocenters. The van der Waals surface area contributed by atoms with E-state index in [-0.39, 0.29) is 10.6 Å². The summed E-state index contributed by atoms with van der Waals surface area (Å²) in [5.41, 5.74) is 10.3. The first kappa shape index (κ1) is 22.8. The number of nitrogens with zero attached hydrogens (tertiary/aromatic N) is 4. The topological polar surface area (TPSA) is 136 Å². The molecule has 0 radical (unpaired) electrons. The highest BCUT2D eigenvalue weighted by atomic mass is 32.2. The molecule has 0 bridgehead atoms. The van der Waals surface area contributed by atoms with Crippen LogP contribution in [0.3, 0.4) is 0 Å². The molecule has 4 N–H and O–H groups in total. The summed E-state index contributed by atoms with van der Waals surface area (Å²) in [6, 6.07) is 16.4. The molecule has 0 spiro atoms. The van der Waals surface area contributed by atoms with Crippen molar-refractivity contribution in [2.45, 2.75) is 32.2 Å². The van der Waals surface area contributed by atoms with Gasteiger partial charge in [0.1, 0.15) is 16.2 Å². The van der Waals surface area contributed by atoms with E-state index >= 15 is 0 Å². The van der Waals surface area contributed by atoms with Gasteiger partial charge in [0.05, 0.1) is 11.4 Å². The van der Waals surface area contributed by atoms with E-state index in [1.54, 1.807) is 22.7 Å². The summed E-state index contributed by atoms with van der Waals surface area (Å²) in [5.74, 6) is 1.91. The standard InChI is InChI=1S/C25H24N6O3S/c1-14-7-9-17(10-8-14)24-29-25(22-15(2)28-16(3)31(22)30-24)27-13-18-5-4-6-20-19(18)11-12-21(26)23(20)35(32,33)34/h4-12H,13,26H2,1-3H3,(H,27,29,30)(H,32,33,34). The lowest BCUT2D eigenvalue weighted by atomic mass is 10.0. The molecule has 0 amide bonds. The van der Waals surface area contributed by atoms with Crippen LogP contribution in [0.5, 0.6) is 0 Å². The molecule has 5 aromatic rings. The highest BCUT2D eigenvalue weighted by Crippen LogP contribution is 2.31. The summed E-state index contributed by atoms with van der Waals surface area (Å²) in [4.78, 5) is 9.08. The molecule has 2 heterocycles. The number of nitrogen functional groups attached to an aromatic ring is 1. The minimum atomic E-state index is -4.49. The lowest BCUT2D eigenvalue weighted by Gasteiger charge is -2.14. The van der Waals surface area contributed by atoms with E-state index in [1.807, 2.05) is 51.1 Å². The highest BCUT2D eigenvalue weighted by Gasteiger charge is 2.20. The average Bonchev–Trinajstić information content (AvgIpc) is 3.10. The number of hydrogen-bond donors (Lipinski definition) is 3. The van der Waals surface area contributed by atoms with Crippen LogP contribution in [0.25, 0.3) is 27.7 Å². The third-order valence-electron chi connectivity index (χ3n) is 5.97. The van der Waals surface area contributed by atoms with Crippen molar-refractivity contribution in [1.82, 2.24) is 19.6 Å². The van der Waals surface area contributed by atoms with Crippen molar-refractivity contribution < 1.29 is 13.0 Å². The predicted molar refractivity (Wildman–Crippen MR) is 136 cm³/mol. The summed E-state index contributed by atoms with van der Waals surface area (Å²) < 4.78 is 35.4. The number of imidazole rings is 1. The number of aryl methyl sites for hydroxylation is 3. The Bertz CT molecular complexity index is 1710. The van der Waals surface area contributed by atoms with Crippen LogP contribution in [0.2, 0.25) is 0 Å². The SMILES string of the molecule is Cc1ccc(-c2nc(NCc3cccc4c(S(=O)(=O)O)c(N)ccc34)c3c(C)nc(C)n3n2)cc1. The van der Waals surface area contributed by atoms with E-state index in [0.29, 0.717) is 29.0 Å². The van der Waals surface area contributed by atoms with E-state index in [0.717, 1.165) is 33.7 Å². The first-order chi connectivity index (χ1) is 16.6. The summed E-state index contributed by atoms with van der Waals surface area (Å²) in [6.45, 7) is 6.16. The van der Waals surface area contributed by atoms with Crippen LogP contribution in [-0.2, 0) is 16.7 Å². The van der Waals surface area contributed by atoms with Gasteiger partial charge in [0.25, 0.3) is 10.1 Å². The number of nitrogens with one attached hydrogen (secondary N) is 1. The first-order valence-electron chi connectivity index (χ1n) is 11.0. The molecule has 0 saturated carbocycles. The molecule has 3 aromatic carbocycles. The summed E-state index contributed by atoms with van der Waals surface area (Å²) in [5, 5.41) is 9.11. The van der Waals surface area contributed by atoms with E-state index in [2.05, 4.69) is 10.3 Å². The van der Waals surface area contributed by atoms with Crippen molar-refractivity contribution in [3.63, 3.8) is 0 Å².